The number of halogens is 1. The number of rotatable bonds is 2. The standard InChI is InChI=1S/C14H18BrN3O/c15-10-6-9(7-11(16)8-10)14(19)17-12-3-5-18-4-1-2-13(12)18/h6-8,12-13H,1-5,16H2,(H,17,19). The maximum Gasteiger partial charge on any atom is 0.251 e. The molecule has 2 saturated heterocycles. The highest BCUT2D eigenvalue weighted by Gasteiger charge is 2.37. The number of fused-ring (bicyclic) bond motifs is 1. The molecule has 3 rings (SSSR count). The number of carbonyl (C=O) groups excluding carboxylic acids is 1. The Balaban J connectivity index is 1.71. The lowest BCUT2D eigenvalue weighted by Gasteiger charge is -2.21. The Hall–Kier alpha value is -1.07. The van der Waals surface area contributed by atoms with E-state index in [1.807, 2.05) is 6.07 Å². The number of amides is 1. The molecular formula is C14H18BrN3O. The molecule has 5 heteroatoms. The number of hydrogen-bond donors (Lipinski definition) is 2. The number of nitrogen functional groups attached to an aromatic ring is 1. The minimum atomic E-state index is -0.0215. The van der Waals surface area contributed by atoms with Gasteiger partial charge in [-0.05, 0) is 44.0 Å². The van der Waals surface area contributed by atoms with Crippen molar-refractivity contribution in [2.75, 3.05) is 18.8 Å². The average molecular weight is 324 g/mol. The van der Waals surface area contributed by atoms with Crippen molar-refractivity contribution >= 4 is 27.5 Å². The summed E-state index contributed by atoms with van der Waals surface area (Å²) in [4.78, 5) is 14.8. The van der Waals surface area contributed by atoms with Crippen molar-refractivity contribution < 1.29 is 4.79 Å². The molecule has 2 heterocycles. The van der Waals surface area contributed by atoms with Crippen LogP contribution in [0, 0.1) is 0 Å². The monoisotopic (exact) mass is 323 g/mol. The summed E-state index contributed by atoms with van der Waals surface area (Å²) in [6.07, 6.45) is 3.51. The van der Waals surface area contributed by atoms with Crippen molar-refractivity contribution in [3.63, 3.8) is 0 Å². The summed E-state index contributed by atoms with van der Waals surface area (Å²) in [6, 6.07) is 6.16. The van der Waals surface area contributed by atoms with E-state index in [9.17, 15) is 4.79 Å². The zero-order valence-corrected chi connectivity index (χ0v) is 12.3. The van der Waals surface area contributed by atoms with Gasteiger partial charge in [-0.2, -0.15) is 0 Å². The van der Waals surface area contributed by atoms with Crippen molar-refractivity contribution in [3.05, 3.63) is 28.2 Å². The molecule has 0 saturated carbocycles. The van der Waals surface area contributed by atoms with Gasteiger partial charge in [-0.25, -0.2) is 0 Å². The highest BCUT2D eigenvalue weighted by Crippen LogP contribution is 2.28. The summed E-state index contributed by atoms with van der Waals surface area (Å²) in [5, 5.41) is 3.16. The molecule has 0 aliphatic carbocycles. The second-order valence-electron chi connectivity index (χ2n) is 5.39. The maximum absolute atomic E-state index is 12.3. The third-order valence-electron chi connectivity index (χ3n) is 4.10. The summed E-state index contributed by atoms with van der Waals surface area (Å²) in [5.74, 6) is -0.0215. The van der Waals surface area contributed by atoms with Crippen LogP contribution in [0.25, 0.3) is 0 Å². The first kappa shape index (κ1) is 12.9. The van der Waals surface area contributed by atoms with Crippen LogP contribution in [0.2, 0.25) is 0 Å². The Morgan fingerprint density at radius 1 is 1.32 bits per heavy atom. The van der Waals surface area contributed by atoms with Gasteiger partial charge in [0.05, 0.1) is 0 Å². The van der Waals surface area contributed by atoms with Crippen molar-refractivity contribution in [3.8, 4) is 0 Å². The maximum atomic E-state index is 12.3. The number of hydrogen-bond acceptors (Lipinski definition) is 3. The predicted octanol–water partition coefficient (Wildman–Crippen LogP) is 2.00. The van der Waals surface area contributed by atoms with Gasteiger partial charge in [0, 0.05) is 34.4 Å². The quantitative estimate of drug-likeness (QED) is 0.818. The molecule has 2 unspecified atom stereocenters. The van der Waals surface area contributed by atoms with Gasteiger partial charge in [-0.1, -0.05) is 15.9 Å². The van der Waals surface area contributed by atoms with E-state index in [4.69, 9.17) is 5.73 Å². The molecule has 0 aromatic heterocycles. The van der Waals surface area contributed by atoms with E-state index < -0.39 is 0 Å². The second kappa shape index (κ2) is 5.13. The highest BCUT2D eigenvalue weighted by molar-refractivity contribution is 9.10. The number of benzene rings is 1. The van der Waals surface area contributed by atoms with Crippen molar-refractivity contribution in [2.24, 2.45) is 0 Å². The Labute approximate surface area is 121 Å². The van der Waals surface area contributed by atoms with Crippen LogP contribution < -0.4 is 11.1 Å². The highest BCUT2D eigenvalue weighted by atomic mass is 79.9. The van der Waals surface area contributed by atoms with Crippen LogP contribution in [0.1, 0.15) is 29.6 Å². The number of nitrogens with one attached hydrogen (secondary N) is 1. The lowest BCUT2D eigenvalue weighted by molar-refractivity contribution is 0.0929. The van der Waals surface area contributed by atoms with Crippen LogP contribution in [-0.2, 0) is 0 Å². The lowest BCUT2D eigenvalue weighted by Crippen LogP contribution is -2.42. The van der Waals surface area contributed by atoms with Gasteiger partial charge < -0.3 is 11.1 Å². The fourth-order valence-corrected chi connectivity index (χ4v) is 3.76. The molecule has 1 amide bonds. The largest absolute Gasteiger partial charge is 0.399 e. The molecule has 0 bridgehead atoms. The minimum Gasteiger partial charge on any atom is -0.399 e. The van der Waals surface area contributed by atoms with Gasteiger partial charge in [0.25, 0.3) is 5.91 Å². The lowest BCUT2D eigenvalue weighted by atomic mass is 10.1. The van der Waals surface area contributed by atoms with Gasteiger partial charge in [-0.3, -0.25) is 9.69 Å². The zero-order valence-electron chi connectivity index (χ0n) is 10.7. The normalized spacial score (nSPS) is 26.4. The van der Waals surface area contributed by atoms with Crippen LogP contribution >= 0.6 is 15.9 Å². The van der Waals surface area contributed by atoms with Gasteiger partial charge >= 0.3 is 0 Å². The Morgan fingerprint density at radius 2 is 2.16 bits per heavy atom. The van der Waals surface area contributed by atoms with Crippen LogP contribution in [-0.4, -0.2) is 36.0 Å². The second-order valence-corrected chi connectivity index (χ2v) is 6.30. The van der Waals surface area contributed by atoms with Gasteiger partial charge in [0.1, 0.15) is 0 Å². The van der Waals surface area contributed by atoms with E-state index in [1.165, 1.54) is 19.4 Å². The molecule has 2 atom stereocenters. The van der Waals surface area contributed by atoms with E-state index in [1.54, 1.807) is 12.1 Å². The SMILES string of the molecule is Nc1cc(Br)cc(C(=O)NC2CCN3CCCC23)c1. The van der Waals surface area contributed by atoms with E-state index >= 15 is 0 Å². The van der Waals surface area contributed by atoms with Crippen LogP contribution in [0.5, 0.6) is 0 Å². The predicted molar refractivity (Wildman–Crippen MR) is 79.0 cm³/mol. The third kappa shape index (κ3) is 2.62. The first-order chi connectivity index (χ1) is 9.13. The van der Waals surface area contributed by atoms with Crippen molar-refractivity contribution in [2.45, 2.75) is 31.3 Å². The molecule has 1 aromatic rings. The Kier molecular flexibility index (Phi) is 3.50. The zero-order chi connectivity index (χ0) is 13.4. The molecule has 2 aliphatic heterocycles. The van der Waals surface area contributed by atoms with Gasteiger partial charge in [-0.15, -0.1) is 0 Å². The fourth-order valence-electron chi connectivity index (χ4n) is 3.25. The smallest absolute Gasteiger partial charge is 0.251 e. The number of nitrogens with zero attached hydrogens (tertiary/aromatic N) is 1. The average Bonchev–Trinajstić information content (AvgIpc) is 2.92. The molecule has 3 N–H and O–H groups in total. The molecule has 2 fully saturated rings. The van der Waals surface area contributed by atoms with Crippen LogP contribution in [0.4, 0.5) is 5.69 Å². The first-order valence-electron chi connectivity index (χ1n) is 6.74. The molecule has 2 aliphatic rings. The summed E-state index contributed by atoms with van der Waals surface area (Å²) in [5.41, 5.74) is 7.01. The Bertz CT molecular complexity index is 485. The topological polar surface area (TPSA) is 58.4 Å². The summed E-state index contributed by atoms with van der Waals surface area (Å²) >= 11 is 3.37. The summed E-state index contributed by atoms with van der Waals surface area (Å²) in [7, 11) is 0. The number of nitrogens with two attached hydrogens (primary N) is 1. The first-order valence-corrected chi connectivity index (χ1v) is 7.54. The van der Waals surface area contributed by atoms with E-state index in [-0.39, 0.29) is 11.9 Å². The van der Waals surface area contributed by atoms with Gasteiger partial charge in [0.2, 0.25) is 0 Å². The van der Waals surface area contributed by atoms with Gasteiger partial charge in [0.15, 0.2) is 0 Å². The van der Waals surface area contributed by atoms with E-state index in [0.29, 0.717) is 17.3 Å². The van der Waals surface area contributed by atoms with Crippen LogP contribution in [0.3, 0.4) is 0 Å². The van der Waals surface area contributed by atoms with Crippen LogP contribution in [0.15, 0.2) is 22.7 Å². The number of carbonyl (C=O) groups is 1. The fraction of sp³-hybridized carbons (Fsp3) is 0.500. The molecular weight excluding hydrogens is 306 g/mol. The third-order valence-corrected chi connectivity index (χ3v) is 4.56. The minimum absolute atomic E-state index is 0.0215. The van der Waals surface area contributed by atoms with Crippen molar-refractivity contribution in [1.29, 1.82) is 0 Å². The van der Waals surface area contributed by atoms with Crippen molar-refractivity contribution in [1.82, 2.24) is 10.2 Å². The molecule has 1 aromatic carbocycles. The molecule has 0 spiro atoms. The molecule has 4 nitrogen and oxygen atoms in total. The summed E-state index contributed by atoms with van der Waals surface area (Å²) in [6.45, 7) is 2.29. The molecule has 0 radical (unpaired) electrons. The number of anilines is 1. The molecule has 19 heavy (non-hydrogen) atoms. The van der Waals surface area contributed by atoms with E-state index in [2.05, 4.69) is 26.1 Å². The van der Waals surface area contributed by atoms with E-state index in [0.717, 1.165) is 17.4 Å². The summed E-state index contributed by atoms with van der Waals surface area (Å²) < 4.78 is 0.839. The molecule has 102 valence electrons. The Morgan fingerprint density at radius 3 is 2.95 bits per heavy atom.